The lowest BCUT2D eigenvalue weighted by molar-refractivity contribution is -0.116. The van der Waals surface area contributed by atoms with E-state index in [4.69, 9.17) is 0 Å². The number of carbonyl (C=O) groups is 1. The zero-order valence-corrected chi connectivity index (χ0v) is 17.6. The molecule has 0 fully saturated rings. The molecule has 3 rings (SSSR count). The number of benzene rings is 2. The van der Waals surface area contributed by atoms with Crippen LogP contribution in [0.15, 0.2) is 45.8 Å². The Morgan fingerprint density at radius 2 is 1.93 bits per heavy atom. The van der Waals surface area contributed by atoms with Crippen LogP contribution in [0.3, 0.4) is 0 Å². The average Bonchev–Trinajstić information content (AvgIpc) is 2.91. The zero-order chi connectivity index (χ0) is 19.9. The molecule has 0 bridgehead atoms. The number of anilines is 2. The number of fused-ring (bicyclic) bond motifs is 1. The third kappa shape index (κ3) is 3.48. The number of sulfonamides is 1. The summed E-state index contributed by atoms with van der Waals surface area (Å²) < 4.78 is 41.5. The molecule has 5 nitrogen and oxygen atoms in total. The van der Waals surface area contributed by atoms with Crippen molar-refractivity contribution < 1.29 is 17.6 Å². The fraction of sp³-hybridized carbons (Fsp3) is 0.316. The van der Waals surface area contributed by atoms with E-state index >= 15 is 0 Å². The highest BCUT2D eigenvalue weighted by molar-refractivity contribution is 9.10. The second kappa shape index (κ2) is 7.24. The third-order valence-electron chi connectivity index (χ3n) is 4.66. The van der Waals surface area contributed by atoms with Gasteiger partial charge >= 0.3 is 0 Å². The first-order valence-electron chi connectivity index (χ1n) is 8.57. The Morgan fingerprint density at radius 3 is 2.48 bits per heavy atom. The molecule has 0 aromatic heterocycles. The minimum Gasteiger partial charge on any atom is -0.309 e. The summed E-state index contributed by atoms with van der Waals surface area (Å²) >= 11 is 3.37. The summed E-state index contributed by atoms with van der Waals surface area (Å²) in [6.45, 7) is 5.30. The number of nitrogens with zero attached hydrogens (tertiary/aromatic N) is 2. The van der Waals surface area contributed by atoms with Gasteiger partial charge in [-0.1, -0.05) is 0 Å². The third-order valence-corrected chi connectivity index (χ3v) is 7.52. The summed E-state index contributed by atoms with van der Waals surface area (Å²) in [5.41, 5.74) is 1.92. The van der Waals surface area contributed by atoms with Crippen LogP contribution in [-0.2, 0) is 21.2 Å². The summed E-state index contributed by atoms with van der Waals surface area (Å²) in [4.78, 5) is 13.7. The van der Waals surface area contributed by atoms with Gasteiger partial charge < -0.3 is 4.90 Å². The van der Waals surface area contributed by atoms with Gasteiger partial charge in [-0.05, 0) is 78.2 Å². The lowest BCUT2D eigenvalue weighted by Crippen LogP contribution is -2.34. The van der Waals surface area contributed by atoms with E-state index in [0.29, 0.717) is 22.3 Å². The molecule has 1 atom stereocenters. The molecule has 1 amide bonds. The van der Waals surface area contributed by atoms with E-state index in [9.17, 15) is 17.6 Å². The molecule has 144 valence electrons. The van der Waals surface area contributed by atoms with E-state index in [1.165, 1.54) is 35.5 Å². The van der Waals surface area contributed by atoms with E-state index < -0.39 is 15.8 Å². The van der Waals surface area contributed by atoms with Crippen LogP contribution in [0, 0.1) is 5.82 Å². The number of rotatable bonds is 4. The van der Waals surface area contributed by atoms with Crippen LogP contribution < -0.4 is 9.21 Å². The van der Waals surface area contributed by atoms with Crippen molar-refractivity contribution in [1.82, 2.24) is 0 Å². The first kappa shape index (κ1) is 19.8. The van der Waals surface area contributed by atoms with Crippen LogP contribution in [0.1, 0.15) is 26.3 Å². The van der Waals surface area contributed by atoms with Crippen LogP contribution in [0.4, 0.5) is 15.8 Å². The highest BCUT2D eigenvalue weighted by Crippen LogP contribution is 2.39. The Kier molecular flexibility index (Phi) is 5.31. The van der Waals surface area contributed by atoms with Crippen molar-refractivity contribution in [2.75, 3.05) is 15.7 Å². The molecule has 0 radical (unpaired) electrons. The smallest absolute Gasteiger partial charge is 0.265 e. The van der Waals surface area contributed by atoms with Crippen LogP contribution in [0.5, 0.6) is 0 Å². The van der Waals surface area contributed by atoms with E-state index in [1.54, 1.807) is 24.0 Å². The topological polar surface area (TPSA) is 57.7 Å². The Hall–Kier alpha value is -1.93. The Bertz CT molecular complexity index is 993. The molecule has 2 aromatic rings. The molecule has 0 spiro atoms. The van der Waals surface area contributed by atoms with E-state index in [-0.39, 0.29) is 23.4 Å². The van der Waals surface area contributed by atoms with Crippen LogP contribution in [-0.4, -0.2) is 26.9 Å². The quantitative estimate of drug-likeness (QED) is 0.698. The van der Waals surface area contributed by atoms with Crippen molar-refractivity contribution in [3.63, 3.8) is 0 Å². The van der Waals surface area contributed by atoms with Gasteiger partial charge in [0.05, 0.1) is 5.69 Å². The first-order chi connectivity index (χ1) is 12.7. The number of hydrogen-bond donors (Lipinski definition) is 0. The predicted molar refractivity (Wildman–Crippen MR) is 107 cm³/mol. The van der Waals surface area contributed by atoms with Crippen molar-refractivity contribution in [2.24, 2.45) is 0 Å². The molecule has 1 aliphatic rings. The number of hydrogen-bond acceptors (Lipinski definition) is 3. The van der Waals surface area contributed by atoms with Gasteiger partial charge in [-0.15, -0.1) is 0 Å². The van der Waals surface area contributed by atoms with Gasteiger partial charge in [-0.2, -0.15) is 0 Å². The SMILES string of the molecule is CCN(c1ccc(F)cc1)S(=O)(=O)c1cc2c(cc1Br)C[C@@H](C)N2C(C)=O. The van der Waals surface area contributed by atoms with Crippen LogP contribution in [0.2, 0.25) is 0 Å². The summed E-state index contributed by atoms with van der Waals surface area (Å²) in [5.74, 6) is -0.560. The summed E-state index contributed by atoms with van der Waals surface area (Å²) in [6, 6.07) is 8.60. The van der Waals surface area contributed by atoms with Crippen LogP contribution >= 0.6 is 15.9 Å². The number of amides is 1. The lowest BCUT2D eigenvalue weighted by atomic mass is 10.1. The number of carbonyl (C=O) groups excluding carboxylic acids is 1. The standard InChI is InChI=1S/C19H20BrFN2O3S/c1-4-22(16-7-5-15(21)6-8-16)27(25,26)19-11-18-14(10-17(19)20)9-12(2)23(18)13(3)24/h5-8,10-12H,4,9H2,1-3H3/t12-/m1/s1. The van der Waals surface area contributed by atoms with E-state index in [0.717, 1.165) is 5.56 Å². The molecule has 27 heavy (non-hydrogen) atoms. The van der Waals surface area contributed by atoms with Crippen molar-refractivity contribution >= 4 is 43.2 Å². The Balaban J connectivity index is 2.12. The second-order valence-electron chi connectivity index (χ2n) is 6.50. The second-order valence-corrected chi connectivity index (χ2v) is 9.18. The van der Waals surface area contributed by atoms with E-state index in [1.807, 2.05) is 6.92 Å². The normalized spacial score (nSPS) is 16.3. The minimum absolute atomic E-state index is 0.0262. The fourth-order valence-electron chi connectivity index (χ4n) is 3.51. The van der Waals surface area contributed by atoms with Crippen molar-refractivity contribution in [1.29, 1.82) is 0 Å². The highest BCUT2D eigenvalue weighted by atomic mass is 79.9. The van der Waals surface area contributed by atoms with Gasteiger partial charge in [0, 0.05) is 29.7 Å². The van der Waals surface area contributed by atoms with Gasteiger partial charge in [0.2, 0.25) is 5.91 Å². The van der Waals surface area contributed by atoms with Crippen molar-refractivity contribution in [3.05, 3.63) is 52.3 Å². The molecule has 0 saturated heterocycles. The van der Waals surface area contributed by atoms with Crippen LogP contribution in [0.25, 0.3) is 0 Å². The maximum absolute atomic E-state index is 13.3. The number of halogens is 2. The van der Waals surface area contributed by atoms with Gasteiger partial charge in [0.1, 0.15) is 10.7 Å². The summed E-state index contributed by atoms with van der Waals surface area (Å²) in [6.07, 6.45) is 0.670. The predicted octanol–water partition coefficient (Wildman–Crippen LogP) is 4.10. The molecule has 8 heteroatoms. The highest BCUT2D eigenvalue weighted by Gasteiger charge is 2.33. The fourth-order valence-corrected chi connectivity index (χ4v) is 6.06. The molecule has 0 N–H and O–H groups in total. The first-order valence-corrected chi connectivity index (χ1v) is 10.8. The molecular weight excluding hydrogens is 435 g/mol. The molecular formula is C19H20BrFN2O3S. The lowest BCUT2D eigenvalue weighted by Gasteiger charge is -2.25. The molecule has 0 saturated carbocycles. The summed E-state index contributed by atoms with van der Waals surface area (Å²) in [5, 5.41) is 0. The van der Waals surface area contributed by atoms with Gasteiger partial charge in [-0.25, -0.2) is 12.8 Å². The van der Waals surface area contributed by atoms with Gasteiger partial charge in [0.25, 0.3) is 10.0 Å². The molecule has 0 aliphatic carbocycles. The largest absolute Gasteiger partial charge is 0.309 e. The molecule has 2 aromatic carbocycles. The maximum Gasteiger partial charge on any atom is 0.265 e. The monoisotopic (exact) mass is 454 g/mol. The van der Waals surface area contributed by atoms with Gasteiger partial charge in [0.15, 0.2) is 0 Å². The average molecular weight is 455 g/mol. The molecule has 0 unspecified atom stereocenters. The molecule has 1 aliphatic heterocycles. The Labute approximate surface area is 167 Å². The minimum atomic E-state index is -3.91. The zero-order valence-electron chi connectivity index (χ0n) is 15.2. The summed E-state index contributed by atoms with van der Waals surface area (Å²) in [7, 11) is -3.91. The van der Waals surface area contributed by atoms with Gasteiger partial charge in [-0.3, -0.25) is 9.10 Å². The maximum atomic E-state index is 13.3. The Morgan fingerprint density at radius 1 is 1.30 bits per heavy atom. The van der Waals surface area contributed by atoms with E-state index in [2.05, 4.69) is 15.9 Å². The van der Waals surface area contributed by atoms with Crippen molar-refractivity contribution in [3.8, 4) is 0 Å². The molecule has 1 heterocycles. The van der Waals surface area contributed by atoms with Crippen molar-refractivity contribution in [2.45, 2.75) is 38.1 Å².